The number of hydrogen-bond acceptors (Lipinski definition) is 3. The van der Waals surface area contributed by atoms with Crippen LogP contribution in [-0.2, 0) is 4.79 Å². The van der Waals surface area contributed by atoms with E-state index in [0.717, 1.165) is 37.2 Å². The first-order valence-electron chi connectivity index (χ1n) is 8.07. The average Bonchev–Trinajstić information content (AvgIpc) is 2.47. The van der Waals surface area contributed by atoms with E-state index in [1.807, 2.05) is 0 Å². The van der Waals surface area contributed by atoms with Gasteiger partial charge in [0, 0.05) is 25.3 Å². The van der Waals surface area contributed by atoms with Crippen molar-refractivity contribution in [1.29, 1.82) is 0 Å². The van der Waals surface area contributed by atoms with Crippen LogP contribution in [0.5, 0.6) is 5.75 Å². The zero-order valence-electron chi connectivity index (χ0n) is 13.9. The van der Waals surface area contributed by atoms with Crippen molar-refractivity contribution in [2.45, 2.75) is 24.1 Å². The Hall–Kier alpha value is -0.680. The first-order chi connectivity index (χ1) is 11.2. The molecule has 1 saturated heterocycles. The Bertz CT molecular complexity index is 536. The number of rotatable bonds is 5. The minimum atomic E-state index is -1.97. The molecule has 1 fully saturated rings. The van der Waals surface area contributed by atoms with Gasteiger partial charge in [-0.3, -0.25) is 9.69 Å². The molecule has 0 saturated carbocycles. The summed E-state index contributed by atoms with van der Waals surface area (Å²) in [6, 6.07) is 7.01. The number of piperidine rings is 1. The Morgan fingerprint density at radius 1 is 1.21 bits per heavy atom. The molecule has 2 rings (SSSR count). The van der Waals surface area contributed by atoms with E-state index in [1.54, 1.807) is 24.3 Å². The SMILES string of the molecule is CC1CC(C)CN(CCOc2ccc(NC(=O)C(Cl)(Cl)Cl)cc2)C1. The fraction of sp³-hybridized carbons (Fsp3) is 0.588. The predicted octanol–water partition coefficient (Wildman–Crippen LogP) is 4.35. The van der Waals surface area contributed by atoms with Crippen molar-refractivity contribution in [3.8, 4) is 5.75 Å². The minimum absolute atomic E-state index is 0.553. The third-order valence-corrected chi connectivity index (χ3v) is 4.51. The Morgan fingerprint density at radius 3 is 2.33 bits per heavy atom. The van der Waals surface area contributed by atoms with Gasteiger partial charge < -0.3 is 10.1 Å². The van der Waals surface area contributed by atoms with Crippen LogP contribution >= 0.6 is 34.8 Å². The van der Waals surface area contributed by atoms with E-state index in [2.05, 4.69) is 24.1 Å². The monoisotopic (exact) mass is 392 g/mol. The number of likely N-dealkylation sites (tertiary alicyclic amines) is 1. The molecule has 1 N–H and O–H groups in total. The lowest BCUT2D eigenvalue weighted by molar-refractivity contribution is -0.115. The Kier molecular flexibility index (Phi) is 7.05. The van der Waals surface area contributed by atoms with E-state index in [4.69, 9.17) is 39.5 Å². The number of nitrogens with one attached hydrogen (secondary N) is 1. The molecule has 2 atom stereocenters. The topological polar surface area (TPSA) is 41.6 Å². The van der Waals surface area contributed by atoms with Gasteiger partial charge in [-0.2, -0.15) is 0 Å². The summed E-state index contributed by atoms with van der Waals surface area (Å²) in [5.74, 6) is 1.55. The van der Waals surface area contributed by atoms with Crippen molar-refractivity contribution in [2.24, 2.45) is 11.8 Å². The molecule has 0 bridgehead atoms. The smallest absolute Gasteiger partial charge is 0.276 e. The van der Waals surface area contributed by atoms with Crippen LogP contribution in [0.3, 0.4) is 0 Å². The molecule has 4 nitrogen and oxygen atoms in total. The lowest BCUT2D eigenvalue weighted by Crippen LogP contribution is -2.40. The molecule has 1 aromatic rings. The highest BCUT2D eigenvalue weighted by Gasteiger charge is 2.30. The van der Waals surface area contributed by atoms with Crippen molar-refractivity contribution in [3.05, 3.63) is 24.3 Å². The van der Waals surface area contributed by atoms with Gasteiger partial charge in [-0.25, -0.2) is 0 Å². The van der Waals surface area contributed by atoms with Gasteiger partial charge in [0.2, 0.25) is 0 Å². The zero-order chi connectivity index (χ0) is 17.7. The van der Waals surface area contributed by atoms with E-state index in [-0.39, 0.29) is 0 Å². The summed E-state index contributed by atoms with van der Waals surface area (Å²) in [5, 5.41) is 2.53. The van der Waals surface area contributed by atoms with Gasteiger partial charge in [0.05, 0.1) is 0 Å². The summed E-state index contributed by atoms with van der Waals surface area (Å²) in [5.41, 5.74) is 0.553. The van der Waals surface area contributed by atoms with Gasteiger partial charge in [0.25, 0.3) is 9.70 Å². The number of halogens is 3. The molecule has 1 aromatic carbocycles. The van der Waals surface area contributed by atoms with Gasteiger partial charge in [0.15, 0.2) is 0 Å². The highest BCUT2D eigenvalue weighted by atomic mass is 35.6. The Labute approximate surface area is 158 Å². The number of carbonyl (C=O) groups excluding carboxylic acids is 1. The number of benzene rings is 1. The van der Waals surface area contributed by atoms with Crippen molar-refractivity contribution < 1.29 is 9.53 Å². The largest absolute Gasteiger partial charge is 0.492 e. The van der Waals surface area contributed by atoms with Gasteiger partial charge in [0.1, 0.15) is 12.4 Å². The number of anilines is 1. The van der Waals surface area contributed by atoms with Gasteiger partial charge >= 0.3 is 0 Å². The van der Waals surface area contributed by atoms with Gasteiger partial charge in [-0.05, 0) is 42.5 Å². The van der Waals surface area contributed by atoms with Crippen LogP contribution in [0.2, 0.25) is 0 Å². The lowest BCUT2D eigenvalue weighted by atomic mass is 9.92. The van der Waals surface area contributed by atoms with Gasteiger partial charge in [-0.15, -0.1) is 0 Å². The normalized spacial score (nSPS) is 22.2. The van der Waals surface area contributed by atoms with Crippen LogP contribution in [0.4, 0.5) is 5.69 Å². The number of carbonyl (C=O) groups is 1. The van der Waals surface area contributed by atoms with Crippen molar-refractivity contribution in [2.75, 3.05) is 31.6 Å². The van der Waals surface area contributed by atoms with Crippen LogP contribution in [0.25, 0.3) is 0 Å². The molecular formula is C17H23Cl3N2O2. The predicted molar refractivity (Wildman–Crippen MR) is 100 cm³/mol. The summed E-state index contributed by atoms with van der Waals surface area (Å²) >= 11 is 16.6. The Balaban J connectivity index is 1.77. The van der Waals surface area contributed by atoms with Crippen LogP contribution < -0.4 is 10.1 Å². The fourth-order valence-corrected chi connectivity index (χ4v) is 3.25. The standard InChI is InChI=1S/C17H23Cl3N2O2/c1-12-9-13(2)11-22(10-12)7-8-24-15-5-3-14(4-6-15)21-16(23)17(18,19)20/h3-6,12-13H,7-11H2,1-2H3,(H,21,23). The molecule has 134 valence electrons. The van der Waals surface area contributed by atoms with Crippen LogP contribution in [0.1, 0.15) is 20.3 Å². The molecular weight excluding hydrogens is 371 g/mol. The number of nitrogens with zero attached hydrogens (tertiary/aromatic N) is 1. The van der Waals surface area contributed by atoms with E-state index in [1.165, 1.54) is 6.42 Å². The molecule has 24 heavy (non-hydrogen) atoms. The number of amides is 1. The van der Waals surface area contributed by atoms with Crippen LogP contribution in [0.15, 0.2) is 24.3 Å². The average molecular weight is 394 g/mol. The molecule has 0 aliphatic carbocycles. The van der Waals surface area contributed by atoms with Crippen LogP contribution in [0, 0.1) is 11.8 Å². The highest BCUT2D eigenvalue weighted by Crippen LogP contribution is 2.28. The maximum atomic E-state index is 11.6. The van der Waals surface area contributed by atoms with Crippen LogP contribution in [-0.4, -0.2) is 40.8 Å². The summed E-state index contributed by atoms with van der Waals surface area (Å²) < 4.78 is 3.80. The summed E-state index contributed by atoms with van der Waals surface area (Å²) in [6.45, 7) is 8.42. The third-order valence-electron chi connectivity index (χ3n) is 3.99. The Morgan fingerprint density at radius 2 is 1.79 bits per heavy atom. The quantitative estimate of drug-likeness (QED) is 0.756. The molecule has 0 aromatic heterocycles. The fourth-order valence-electron chi connectivity index (χ4n) is 3.10. The molecule has 1 heterocycles. The van der Waals surface area contributed by atoms with Gasteiger partial charge in [-0.1, -0.05) is 48.7 Å². The zero-order valence-corrected chi connectivity index (χ0v) is 16.2. The summed E-state index contributed by atoms with van der Waals surface area (Å²) in [6.07, 6.45) is 1.30. The van der Waals surface area contributed by atoms with E-state index in [0.29, 0.717) is 12.3 Å². The second-order valence-electron chi connectivity index (χ2n) is 6.53. The molecule has 0 radical (unpaired) electrons. The van der Waals surface area contributed by atoms with E-state index in [9.17, 15) is 4.79 Å². The summed E-state index contributed by atoms with van der Waals surface area (Å²) in [4.78, 5) is 14.0. The van der Waals surface area contributed by atoms with E-state index >= 15 is 0 Å². The molecule has 0 spiro atoms. The molecule has 1 aliphatic heterocycles. The molecule has 1 amide bonds. The first kappa shape index (κ1) is 19.6. The lowest BCUT2D eigenvalue weighted by Gasteiger charge is -2.34. The number of alkyl halides is 3. The maximum absolute atomic E-state index is 11.6. The number of hydrogen-bond donors (Lipinski definition) is 1. The minimum Gasteiger partial charge on any atom is -0.492 e. The second kappa shape index (κ2) is 8.61. The first-order valence-corrected chi connectivity index (χ1v) is 9.21. The van der Waals surface area contributed by atoms with Crippen molar-refractivity contribution >= 4 is 46.4 Å². The second-order valence-corrected chi connectivity index (χ2v) is 8.81. The third kappa shape index (κ3) is 6.32. The van der Waals surface area contributed by atoms with Crippen molar-refractivity contribution in [3.63, 3.8) is 0 Å². The summed E-state index contributed by atoms with van der Waals surface area (Å²) in [7, 11) is 0. The molecule has 1 aliphatic rings. The molecule has 2 unspecified atom stereocenters. The molecule has 7 heteroatoms. The number of ether oxygens (including phenoxy) is 1. The van der Waals surface area contributed by atoms with Crippen molar-refractivity contribution in [1.82, 2.24) is 4.90 Å². The highest BCUT2D eigenvalue weighted by molar-refractivity contribution is 6.76. The van der Waals surface area contributed by atoms with E-state index < -0.39 is 9.70 Å². The maximum Gasteiger partial charge on any atom is 0.276 e.